The van der Waals surface area contributed by atoms with E-state index in [4.69, 9.17) is 0 Å². The smallest absolute Gasteiger partial charge is 0.306 e. The first-order chi connectivity index (χ1) is 9.99. The van der Waals surface area contributed by atoms with Gasteiger partial charge in [-0.2, -0.15) is 0 Å². The summed E-state index contributed by atoms with van der Waals surface area (Å²) in [6, 6.07) is 5.52. The van der Waals surface area contributed by atoms with Crippen LogP contribution in [0.25, 0.3) is 0 Å². The minimum atomic E-state index is -0.742. The lowest BCUT2D eigenvalue weighted by Crippen LogP contribution is -2.37. The van der Waals surface area contributed by atoms with Gasteiger partial charge in [0, 0.05) is 16.6 Å². The Kier molecular flexibility index (Phi) is 5.39. The lowest BCUT2D eigenvalue weighted by molar-refractivity contribution is -0.144. The standard InChI is InChI=1S/C16H20BrNO3/c1-10-8-12(17)6-7-13(10)15(19)18-9-11-4-2-3-5-14(11)16(20)21/h6-8,11,14H,2-5,9H2,1H3,(H,18,19)(H,20,21). The van der Waals surface area contributed by atoms with E-state index in [2.05, 4.69) is 21.2 Å². The third kappa shape index (κ3) is 4.06. The van der Waals surface area contributed by atoms with Gasteiger partial charge in [0.25, 0.3) is 5.91 Å². The molecule has 2 atom stereocenters. The zero-order chi connectivity index (χ0) is 15.4. The van der Waals surface area contributed by atoms with Crippen molar-refractivity contribution in [1.82, 2.24) is 5.32 Å². The Hall–Kier alpha value is -1.36. The lowest BCUT2D eigenvalue weighted by atomic mass is 9.79. The minimum Gasteiger partial charge on any atom is -0.481 e. The number of aliphatic carboxylic acids is 1. The quantitative estimate of drug-likeness (QED) is 0.871. The summed E-state index contributed by atoms with van der Waals surface area (Å²) in [5.41, 5.74) is 1.54. The van der Waals surface area contributed by atoms with Crippen molar-refractivity contribution in [3.8, 4) is 0 Å². The fourth-order valence-corrected chi connectivity index (χ4v) is 3.45. The van der Waals surface area contributed by atoms with Gasteiger partial charge in [0.05, 0.1) is 5.92 Å². The van der Waals surface area contributed by atoms with Crippen LogP contribution in [0.3, 0.4) is 0 Å². The Labute approximate surface area is 133 Å². The molecule has 114 valence electrons. The predicted molar refractivity (Wildman–Crippen MR) is 84.3 cm³/mol. The van der Waals surface area contributed by atoms with Crippen LogP contribution in [0.1, 0.15) is 41.6 Å². The van der Waals surface area contributed by atoms with Crippen molar-refractivity contribution in [2.75, 3.05) is 6.54 Å². The van der Waals surface area contributed by atoms with E-state index < -0.39 is 5.97 Å². The SMILES string of the molecule is Cc1cc(Br)ccc1C(=O)NCC1CCCCC1C(=O)O. The molecule has 1 fully saturated rings. The number of aryl methyl sites for hydroxylation is 1. The number of carboxylic acids is 1. The van der Waals surface area contributed by atoms with E-state index in [1.54, 1.807) is 6.07 Å². The average molecular weight is 354 g/mol. The molecule has 4 nitrogen and oxygen atoms in total. The molecule has 1 amide bonds. The molecular formula is C16H20BrNO3. The first-order valence-corrected chi connectivity index (χ1v) is 8.05. The largest absolute Gasteiger partial charge is 0.481 e. The average Bonchev–Trinajstić information content (AvgIpc) is 2.45. The Morgan fingerprint density at radius 3 is 2.71 bits per heavy atom. The highest BCUT2D eigenvalue weighted by molar-refractivity contribution is 9.10. The number of rotatable bonds is 4. The number of halogens is 1. The lowest BCUT2D eigenvalue weighted by Gasteiger charge is -2.28. The van der Waals surface area contributed by atoms with Gasteiger partial charge in [-0.05, 0) is 49.4 Å². The molecular weight excluding hydrogens is 334 g/mol. The second-order valence-electron chi connectivity index (χ2n) is 5.66. The second-order valence-corrected chi connectivity index (χ2v) is 6.57. The molecule has 0 bridgehead atoms. The Balaban J connectivity index is 1.98. The van der Waals surface area contributed by atoms with Gasteiger partial charge in [-0.15, -0.1) is 0 Å². The molecule has 1 saturated carbocycles. The van der Waals surface area contributed by atoms with Crippen LogP contribution in [0.2, 0.25) is 0 Å². The van der Waals surface area contributed by atoms with Gasteiger partial charge in [-0.3, -0.25) is 9.59 Å². The van der Waals surface area contributed by atoms with E-state index in [-0.39, 0.29) is 17.7 Å². The van der Waals surface area contributed by atoms with E-state index in [1.807, 2.05) is 19.1 Å². The van der Waals surface area contributed by atoms with Crippen LogP contribution in [-0.2, 0) is 4.79 Å². The molecule has 0 radical (unpaired) electrons. The maximum atomic E-state index is 12.2. The van der Waals surface area contributed by atoms with Crippen molar-refractivity contribution in [2.45, 2.75) is 32.6 Å². The molecule has 1 aliphatic rings. The van der Waals surface area contributed by atoms with E-state index in [9.17, 15) is 14.7 Å². The molecule has 2 unspecified atom stereocenters. The van der Waals surface area contributed by atoms with Gasteiger partial charge >= 0.3 is 5.97 Å². The number of carbonyl (C=O) groups is 2. The number of benzene rings is 1. The Morgan fingerprint density at radius 1 is 1.33 bits per heavy atom. The van der Waals surface area contributed by atoms with Crippen molar-refractivity contribution in [2.24, 2.45) is 11.8 Å². The fourth-order valence-electron chi connectivity index (χ4n) is 2.98. The van der Waals surface area contributed by atoms with Crippen LogP contribution in [0.4, 0.5) is 0 Å². The maximum Gasteiger partial charge on any atom is 0.306 e. The van der Waals surface area contributed by atoms with Gasteiger partial charge in [0.1, 0.15) is 0 Å². The molecule has 0 spiro atoms. The molecule has 1 aromatic carbocycles. The van der Waals surface area contributed by atoms with E-state index in [0.29, 0.717) is 18.5 Å². The summed E-state index contributed by atoms with van der Waals surface area (Å²) in [5.74, 6) is -1.16. The van der Waals surface area contributed by atoms with Crippen molar-refractivity contribution in [1.29, 1.82) is 0 Å². The van der Waals surface area contributed by atoms with Crippen molar-refractivity contribution >= 4 is 27.8 Å². The van der Waals surface area contributed by atoms with Crippen LogP contribution in [0.5, 0.6) is 0 Å². The van der Waals surface area contributed by atoms with Crippen LogP contribution in [0, 0.1) is 18.8 Å². The normalized spacial score (nSPS) is 21.8. The van der Waals surface area contributed by atoms with Crippen LogP contribution >= 0.6 is 15.9 Å². The minimum absolute atomic E-state index is 0.0379. The summed E-state index contributed by atoms with van der Waals surface area (Å²) in [5, 5.41) is 12.1. The summed E-state index contributed by atoms with van der Waals surface area (Å²) in [4.78, 5) is 23.5. The zero-order valence-corrected chi connectivity index (χ0v) is 13.6. The van der Waals surface area contributed by atoms with Gasteiger partial charge in [0.2, 0.25) is 0 Å². The third-order valence-electron chi connectivity index (χ3n) is 4.18. The van der Waals surface area contributed by atoms with Crippen LogP contribution < -0.4 is 5.32 Å². The first-order valence-electron chi connectivity index (χ1n) is 7.26. The molecule has 2 rings (SSSR count). The van der Waals surface area contributed by atoms with Crippen LogP contribution in [0.15, 0.2) is 22.7 Å². The molecule has 2 N–H and O–H groups in total. The Bertz CT molecular complexity index is 544. The van der Waals surface area contributed by atoms with E-state index in [1.165, 1.54) is 0 Å². The number of carbonyl (C=O) groups excluding carboxylic acids is 1. The summed E-state index contributed by atoms with van der Waals surface area (Å²) in [6.45, 7) is 2.33. The van der Waals surface area contributed by atoms with E-state index in [0.717, 1.165) is 29.3 Å². The number of carboxylic acid groups (broad SMARTS) is 1. The van der Waals surface area contributed by atoms with Gasteiger partial charge in [-0.1, -0.05) is 28.8 Å². The van der Waals surface area contributed by atoms with Gasteiger partial charge < -0.3 is 10.4 Å². The summed E-state index contributed by atoms with van der Waals surface area (Å²) in [7, 11) is 0. The molecule has 21 heavy (non-hydrogen) atoms. The predicted octanol–water partition coefficient (Wildman–Crippen LogP) is 3.38. The van der Waals surface area contributed by atoms with E-state index >= 15 is 0 Å². The highest BCUT2D eigenvalue weighted by atomic mass is 79.9. The molecule has 1 aliphatic carbocycles. The number of hydrogen-bond donors (Lipinski definition) is 2. The second kappa shape index (κ2) is 7.07. The van der Waals surface area contributed by atoms with Crippen molar-refractivity contribution < 1.29 is 14.7 Å². The van der Waals surface area contributed by atoms with Crippen LogP contribution in [-0.4, -0.2) is 23.5 Å². The number of hydrogen-bond acceptors (Lipinski definition) is 2. The monoisotopic (exact) mass is 353 g/mol. The zero-order valence-electron chi connectivity index (χ0n) is 12.1. The third-order valence-corrected chi connectivity index (χ3v) is 4.68. The fraction of sp³-hybridized carbons (Fsp3) is 0.500. The molecule has 5 heteroatoms. The maximum absolute atomic E-state index is 12.2. The highest BCUT2D eigenvalue weighted by Gasteiger charge is 2.30. The molecule has 1 aromatic rings. The summed E-state index contributed by atoms with van der Waals surface area (Å²) in [6.07, 6.45) is 3.60. The first kappa shape index (κ1) is 16.0. The summed E-state index contributed by atoms with van der Waals surface area (Å²) >= 11 is 3.37. The molecule has 0 saturated heterocycles. The molecule has 0 aromatic heterocycles. The number of nitrogens with one attached hydrogen (secondary N) is 1. The Morgan fingerprint density at radius 2 is 2.05 bits per heavy atom. The van der Waals surface area contributed by atoms with Crippen molar-refractivity contribution in [3.05, 3.63) is 33.8 Å². The van der Waals surface area contributed by atoms with Gasteiger partial charge in [-0.25, -0.2) is 0 Å². The highest BCUT2D eigenvalue weighted by Crippen LogP contribution is 2.29. The molecule has 0 aliphatic heterocycles. The molecule has 0 heterocycles. The number of amides is 1. The topological polar surface area (TPSA) is 66.4 Å². The van der Waals surface area contributed by atoms with Crippen molar-refractivity contribution in [3.63, 3.8) is 0 Å². The summed E-state index contributed by atoms with van der Waals surface area (Å²) < 4.78 is 0.940. The van der Waals surface area contributed by atoms with Gasteiger partial charge in [0.15, 0.2) is 0 Å².